The molecule has 3 nitrogen and oxygen atoms in total. The molecule has 0 spiro atoms. The lowest BCUT2D eigenvalue weighted by atomic mass is 9.92. The number of thiophene rings is 1. The zero-order valence-corrected chi connectivity index (χ0v) is 11.3. The summed E-state index contributed by atoms with van der Waals surface area (Å²) >= 11 is 1.83. The van der Waals surface area contributed by atoms with Crippen LogP contribution < -0.4 is 0 Å². The predicted octanol–water partition coefficient (Wildman–Crippen LogP) is 2.92. The van der Waals surface area contributed by atoms with Crippen molar-refractivity contribution in [3.05, 3.63) is 21.9 Å². The van der Waals surface area contributed by atoms with Gasteiger partial charge in [-0.25, -0.2) is 0 Å². The third-order valence-corrected chi connectivity index (χ3v) is 4.99. The standard InChI is InChI=1S/C14H19NO2S/c16-14(17)9-15(8-10-4-5-10)12-2-1-3-13-11(12)6-7-18-13/h6-7,10,12H,1-5,8-9H2,(H,16,17). The van der Waals surface area contributed by atoms with E-state index in [9.17, 15) is 4.79 Å². The van der Waals surface area contributed by atoms with Crippen molar-refractivity contribution in [1.29, 1.82) is 0 Å². The van der Waals surface area contributed by atoms with Crippen LogP contribution in [0.4, 0.5) is 0 Å². The molecule has 4 heteroatoms. The maximum atomic E-state index is 11.1. The summed E-state index contributed by atoms with van der Waals surface area (Å²) in [5.74, 6) is 0.0476. The lowest BCUT2D eigenvalue weighted by Crippen LogP contribution is -2.36. The number of hydrogen-bond acceptors (Lipinski definition) is 3. The SMILES string of the molecule is O=C(O)CN(CC1CC1)C1CCCc2sccc21. The molecule has 0 saturated heterocycles. The van der Waals surface area contributed by atoms with Gasteiger partial charge in [0.2, 0.25) is 0 Å². The second kappa shape index (κ2) is 5.02. The molecule has 0 aromatic carbocycles. The average Bonchev–Trinajstić information content (AvgIpc) is 3.02. The summed E-state index contributed by atoms with van der Waals surface area (Å²) in [6, 6.07) is 2.54. The topological polar surface area (TPSA) is 40.5 Å². The van der Waals surface area contributed by atoms with E-state index in [0.717, 1.165) is 18.9 Å². The quantitative estimate of drug-likeness (QED) is 0.890. The molecule has 98 valence electrons. The van der Waals surface area contributed by atoms with Gasteiger partial charge in [0, 0.05) is 17.5 Å². The molecule has 1 N–H and O–H groups in total. The summed E-state index contributed by atoms with van der Waals surface area (Å²) in [4.78, 5) is 14.7. The Morgan fingerprint density at radius 1 is 1.44 bits per heavy atom. The highest BCUT2D eigenvalue weighted by Gasteiger charge is 2.32. The molecular formula is C14H19NO2S. The van der Waals surface area contributed by atoms with E-state index in [1.807, 2.05) is 11.3 Å². The molecular weight excluding hydrogens is 246 g/mol. The summed E-state index contributed by atoms with van der Waals surface area (Å²) in [5, 5.41) is 11.3. The fourth-order valence-corrected chi connectivity index (χ4v) is 3.93. The fourth-order valence-electron chi connectivity index (χ4n) is 2.95. The molecule has 0 bridgehead atoms. The van der Waals surface area contributed by atoms with Crippen molar-refractivity contribution in [2.75, 3.05) is 13.1 Å². The second-order valence-electron chi connectivity index (χ2n) is 5.47. The lowest BCUT2D eigenvalue weighted by Gasteiger charge is -2.33. The number of aliphatic carboxylic acids is 1. The van der Waals surface area contributed by atoms with Crippen LogP contribution in [0, 0.1) is 5.92 Å². The van der Waals surface area contributed by atoms with Gasteiger partial charge in [-0.05, 0) is 55.0 Å². The van der Waals surface area contributed by atoms with Crippen LogP contribution in [0.3, 0.4) is 0 Å². The van der Waals surface area contributed by atoms with Crippen LogP contribution in [0.5, 0.6) is 0 Å². The van der Waals surface area contributed by atoms with Gasteiger partial charge >= 0.3 is 5.97 Å². The van der Waals surface area contributed by atoms with Crippen molar-refractivity contribution in [3.63, 3.8) is 0 Å². The maximum absolute atomic E-state index is 11.1. The number of fused-ring (bicyclic) bond motifs is 1. The highest BCUT2D eigenvalue weighted by molar-refractivity contribution is 7.10. The first-order valence-electron chi connectivity index (χ1n) is 6.76. The zero-order chi connectivity index (χ0) is 12.5. The van der Waals surface area contributed by atoms with Gasteiger partial charge in [-0.2, -0.15) is 0 Å². The van der Waals surface area contributed by atoms with Gasteiger partial charge in [-0.15, -0.1) is 11.3 Å². The van der Waals surface area contributed by atoms with Crippen molar-refractivity contribution in [3.8, 4) is 0 Å². The monoisotopic (exact) mass is 265 g/mol. The van der Waals surface area contributed by atoms with Crippen LogP contribution in [0.25, 0.3) is 0 Å². The Hall–Kier alpha value is -0.870. The Morgan fingerprint density at radius 3 is 3.00 bits per heavy atom. The fraction of sp³-hybridized carbons (Fsp3) is 0.643. The Bertz CT molecular complexity index is 439. The van der Waals surface area contributed by atoms with Crippen LogP contribution in [-0.2, 0) is 11.2 Å². The van der Waals surface area contributed by atoms with Crippen molar-refractivity contribution in [2.45, 2.75) is 38.1 Å². The molecule has 2 aliphatic rings. The van der Waals surface area contributed by atoms with Gasteiger partial charge in [0.25, 0.3) is 0 Å². The molecule has 1 atom stereocenters. The van der Waals surface area contributed by atoms with E-state index in [2.05, 4.69) is 16.3 Å². The molecule has 1 heterocycles. The third kappa shape index (κ3) is 2.59. The number of rotatable bonds is 5. The molecule has 2 aliphatic carbocycles. The molecule has 0 aliphatic heterocycles. The average molecular weight is 265 g/mol. The smallest absolute Gasteiger partial charge is 0.317 e. The van der Waals surface area contributed by atoms with Gasteiger partial charge in [-0.1, -0.05) is 0 Å². The van der Waals surface area contributed by atoms with Crippen molar-refractivity contribution < 1.29 is 9.90 Å². The molecule has 3 rings (SSSR count). The Balaban J connectivity index is 1.79. The van der Waals surface area contributed by atoms with Crippen LogP contribution in [-0.4, -0.2) is 29.1 Å². The molecule has 1 aromatic rings. The first-order valence-corrected chi connectivity index (χ1v) is 7.64. The van der Waals surface area contributed by atoms with Gasteiger partial charge in [0.1, 0.15) is 0 Å². The number of nitrogens with zero attached hydrogens (tertiary/aromatic N) is 1. The molecule has 18 heavy (non-hydrogen) atoms. The molecule has 1 unspecified atom stereocenters. The molecule has 1 fully saturated rings. The first-order chi connectivity index (χ1) is 8.74. The highest BCUT2D eigenvalue weighted by atomic mass is 32.1. The molecule has 1 aromatic heterocycles. The minimum atomic E-state index is -0.696. The van der Waals surface area contributed by atoms with E-state index in [1.165, 1.54) is 36.1 Å². The Kier molecular flexibility index (Phi) is 3.39. The largest absolute Gasteiger partial charge is 0.480 e. The van der Waals surface area contributed by atoms with Gasteiger partial charge < -0.3 is 5.11 Å². The van der Waals surface area contributed by atoms with E-state index in [4.69, 9.17) is 5.11 Å². The number of aryl methyl sites for hydroxylation is 1. The summed E-state index contributed by atoms with van der Waals surface area (Å²) < 4.78 is 0. The van der Waals surface area contributed by atoms with E-state index < -0.39 is 5.97 Å². The van der Waals surface area contributed by atoms with Crippen molar-refractivity contribution >= 4 is 17.3 Å². The number of carboxylic acid groups (broad SMARTS) is 1. The number of carbonyl (C=O) groups is 1. The maximum Gasteiger partial charge on any atom is 0.317 e. The first kappa shape index (κ1) is 12.2. The van der Waals surface area contributed by atoms with Crippen LogP contribution in [0.2, 0.25) is 0 Å². The normalized spacial score (nSPS) is 23.1. The highest BCUT2D eigenvalue weighted by Crippen LogP contribution is 2.39. The molecule has 0 radical (unpaired) electrons. The van der Waals surface area contributed by atoms with E-state index in [0.29, 0.717) is 6.04 Å². The lowest BCUT2D eigenvalue weighted by molar-refractivity contribution is -0.139. The minimum absolute atomic E-state index is 0.191. The summed E-state index contributed by atoms with van der Waals surface area (Å²) in [5.41, 5.74) is 1.40. The van der Waals surface area contributed by atoms with Crippen LogP contribution >= 0.6 is 11.3 Å². The predicted molar refractivity (Wildman–Crippen MR) is 71.9 cm³/mol. The zero-order valence-electron chi connectivity index (χ0n) is 10.5. The number of carboxylic acids is 1. The van der Waals surface area contributed by atoms with Crippen LogP contribution in [0.1, 0.15) is 42.2 Å². The molecule has 1 saturated carbocycles. The van der Waals surface area contributed by atoms with Crippen LogP contribution in [0.15, 0.2) is 11.4 Å². The Morgan fingerprint density at radius 2 is 2.28 bits per heavy atom. The summed E-state index contributed by atoms with van der Waals surface area (Å²) in [6.07, 6.45) is 6.04. The van der Waals surface area contributed by atoms with Gasteiger partial charge in [0.15, 0.2) is 0 Å². The second-order valence-corrected chi connectivity index (χ2v) is 6.47. The van der Waals surface area contributed by atoms with Gasteiger partial charge in [-0.3, -0.25) is 9.69 Å². The van der Waals surface area contributed by atoms with E-state index in [1.54, 1.807) is 0 Å². The third-order valence-electron chi connectivity index (χ3n) is 3.99. The van der Waals surface area contributed by atoms with E-state index >= 15 is 0 Å². The minimum Gasteiger partial charge on any atom is -0.480 e. The van der Waals surface area contributed by atoms with Crippen molar-refractivity contribution in [1.82, 2.24) is 4.90 Å². The Labute approximate surface area is 111 Å². The van der Waals surface area contributed by atoms with Crippen molar-refractivity contribution in [2.24, 2.45) is 5.92 Å². The summed E-state index contributed by atoms with van der Waals surface area (Å²) in [7, 11) is 0. The summed E-state index contributed by atoms with van der Waals surface area (Å²) in [6.45, 7) is 1.16. The van der Waals surface area contributed by atoms with Gasteiger partial charge in [0.05, 0.1) is 6.54 Å². The number of hydrogen-bond donors (Lipinski definition) is 1. The van der Waals surface area contributed by atoms with E-state index in [-0.39, 0.29) is 6.54 Å². The molecule has 0 amide bonds.